The maximum atomic E-state index is 11.4. The zero-order chi connectivity index (χ0) is 12.2. The van der Waals surface area contributed by atoms with E-state index in [4.69, 9.17) is 0 Å². The van der Waals surface area contributed by atoms with Crippen molar-refractivity contribution in [3.05, 3.63) is 24.3 Å². The van der Waals surface area contributed by atoms with Crippen molar-refractivity contribution in [1.82, 2.24) is 0 Å². The number of allylic oxidation sites excluding steroid dienone is 3. The Hall–Kier alpha value is -0.850. The van der Waals surface area contributed by atoms with Gasteiger partial charge in [0.25, 0.3) is 0 Å². The van der Waals surface area contributed by atoms with Gasteiger partial charge in [0.1, 0.15) is 0 Å². The standard InChI is InChI=1S/C15H24O/c1-5-14(16)11-13-8-10-15(3,4)9-6-7-12(13)2/h5,7,13H,1,6,8-11H2,2-4H3/b12-7-. The van der Waals surface area contributed by atoms with Crippen molar-refractivity contribution in [2.24, 2.45) is 11.3 Å². The van der Waals surface area contributed by atoms with Crippen LogP contribution in [0, 0.1) is 11.3 Å². The molecule has 0 saturated heterocycles. The van der Waals surface area contributed by atoms with Gasteiger partial charge in [0.15, 0.2) is 5.78 Å². The minimum atomic E-state index is 0.177. The Morgan fingerprint density at radius 3 is 2.88 bits per heavy atom. The molecule has 90 valence electrons. The third kappa shape index (κ3) is 3.96. The van der Waals surface area contributed by atoms with E-state index < -0.39 is 0 Å². The molecule has 1 atom stereocenters. The molecule has 1 nitrogen and oxygen atoms in total. The molecule has 1 unspecified atom stereocenters. The van der Waals surface area contributed by atoms with Crippen molar-refractivity contribution < 1.29 is 4.79 Å². The van der Waals surface area contributed by atoms with Crippen molar-refractivity contribution in [2.75, 3.05) is 0 Å². The highest BCUT2D eigenvalue weighted by Crippen LogP contribution is 2.35. The van der Waals surface area contributed by atoms with Crippen LogP contribution in [0.15, 0.2) is 24.3 Å². The normalized spacial score (nSPS) is 28.4. The molecule has 0 aromatic carbocycles. The van der Waals surface area contributed by atoms with Crippen molar-refractivity contribution >= 4 is 5.78 Å². The third-order valence-corrected chi connectivity index (χ3v) is 3.78. The highest BCUT2D eigenvalue weighted by molar-refractivity contribution is 5.89. The van der Waals surface area contributed by atoms with Crippen LogP contribution in [0.2, 0.25) is 0 Å². The number of rotatable bonds is 3. The summed E-state index contributed by atoms with van der Waals surface area (Å²) >= 11 is 0. The molecule has 0 aliphatic heterocycles. The largest absolute Gasteiger partial charge is 0.295 e. The average molecular weight is 220 g/mol. The highest BCUT2D eigenvalue weighted by Gasteiger charge is 2.23. The molecule has 0 radical (unpaired) electrons. The lowest BCUT2D eigenvalue weighted by molar-refractivity contribution is -0.115. The van der Waals surface area contributed by atoms with Gasteiger partial charge in [0.2, 0.25) is 0 Å². The smallest absolute Gasteiger partial charge is 0.155 e. The van der Waals surface area contributed by atoms with E-state index in [1.54, 1.807) is 0 Å². The second-order valence-electron chi connectivity index (χ2n) is 5.76. The molecule has 1 aliphatic carbocycles. The molecule has 16 heavy (non-hydrogen) atoms. The van der Waals surface area contributed by atoms with Crippen LogP contribution in [0.3, 0.4) is 0 Å². The summed E-state index contributed by atoms with van der Waals surface area (Å²) in [7, 11) is 0. The summed E-state index contributed by atoms with van der Waals surface area (Å²) in [6, 6.07) is 0. The van der Waals surface area contributed by atoms with Gasteiger partial charge in [-0.15, -0.1) is 0 Å². The quantitative estimate of drug-likeness (QED) is 0.512. The van der Waals surface area contributed by atoms with Crippen LogP contribution in [-0.2, 0) is 4.79 Å². The molecule has 0 bridgehead atoms. The van der Waals surface area contributed by atoms with Gasteiger partial charge in [0.05, 0.1) is 0 Å². The molecule has 0 heterocycles. The van der Waals surface area contributed by atoms with Crippen molar-refractivity contribution in [3.63, 3.8) is 0 Å². The zero-order valence-electron chi connectivity index (χ0n) is 10.9. The fourth-order valence-corrected chi connectivity index (χ4v) is 2.36. The molecular weight excluding hydrogens is 196 g/mol. The van der Waals surface area contributed by atoms with Crippen LogP contribution in [0.25, 0.3) is 0 Å². The van der Waals surface area contributed by atoms with Gasteiger partial charge in [-0.1, -0.05) is 32.1 Å². The summed E-state index contributed by atoms with van der Waals surface area (Å²) in [5, 5.41) is 0. The molecular formula is C15H24O. The highest BCUT2D eigenvalue weighted by atomic mass is 16.1. The molecule has 0 aromatic rings. The molecule has 0 saturated carbocycles. The number of carbonyl (C=O) groups excluding carboxylic acids is 1. The van der Waals surface area contributed by atoms with Crippen LogP contribution < -0.4 is 0 Å². The minimum absolute atomic E-state index is 0.177. The lowest BCUT2D eigenvalue weighted by Gasteiger charge is -2.29. The van der Waals surface area contributed by atoms with Gasteiger partial charge in [0, 0.05) is 6.42 Å². The molecule has 0 aromatic heterocycles. The van der Waals surface area contributed by atoms with Crippen LogP contribution in [-0.4, -0.2) is 5.78 Å². The Morgan fingerprint density at radius 1 is 1.56 bits per heavy atom. The predicted octanol–water partition coefficient (Wildman–Crippen LogP) is 4.29. The van der Waals surface area contributed by atoms with Crippen molar-refractivity contribution in [1.29, 1.82) is 0 Å². The maximum Gasteiger partial charge on any atom is 0.155 e. The number of ketones is 1. The summed E-state index contributed by atoms with van der Waals surface area (Å²) in [5.74, 6) is 0.612. The van der Waals surface area contributed by atoms with Gasteiger partial charge >= 0.3 is 0 Å². The summed E-state index contributed by atoms with van der Waals surface area (Å²) in [5.41, 5.74) is 1.82. The van der Waals surface area contributed by atoms with Gasteiger partial charge in [-0.05, 0) is 50.0 Å². The molecule has 0 spiro atoms. The Morgan fingerprint density at radius 2 is 2.25 bits per heavy atom. The van der Waals surface area contributed by atoms with Crippen LogP contribution in [0.5, 0.6) is 0 Å². The molecule has 1 aliphatic rings. The lowest BCUT2D eigenvalue weighted by Crippen LogP contribution is -2.18. The van der Waals surface area contributed by atoms with Gasteiger partial charge < -0.3 is 0 Å². The Bertz CT molecular complexity index is 297. The fourth-order valence-electron chi connectivity index (χ4n) is 2.36. The van der Waals surface area contributed by atoms with E-state index in [2.05, 4.69) is 33.4 Å². The van der Waals surface area contributed by atoms with Crippen molar-refractivity contribution in [2.45, 2.75) is 52.9 Å². The number of carbonyl (C=O) groups is 1. The van der Waals surface area contributed by atoms with Crippen LogP contribution in [0.4, 0.5) is 0 Å². The Labute approximate surface area is 99.6 Å². The summed E-state index contributed by atoms with van der Waals surface area (Å²) in [4.78, 5) is 11.4. The minimum Gasteiger partial charge on any atom is -0.295 e. The van der Waals surface area contributed by atoms with Gasteiger partial charge in [-0.3, -0.25) is 4.79 Å². The average Bonchev–Trinajstić information content (AvgIpc) is 2.21. The summed E-state index contributed by atoms with van der Waals surface area (Å²) in [6.07, 6.45) is 9.17. The van der Waals surface area contributed by atoms with E-state index >= 15 is 0 Å². The Balaban J connectivity index is 2.70. The first-order valence-corrected chi connectivity index (χ1v) is 6.26. The van der Waals surface area contributed by atoms with Crippen LogP contribution in [0.1, 0.15) is 52.9 Å². The van der Waals surface area contributed by atoms with Gasteiger partial charge in [-0.25, -0.2) is 0 Å². The second-order valence-corrected chi connectivity index (χ2v) is 5.76. The predicted molar refractivity (Wildman–Crippen MR) is 69.3 cm³/mol. The number of hydrogen-bond acceptors (Lipinski definition) is 1. The van der Waals surface area contributed by atoms with E-state index in [0.717, 1.165) is 12.8 Å². The molecule has 1 heteroatoms. The summed E-state index contributed by atoms with van der Waals surface area (Å²) < 4.78 is 0. The second kappa shape index (κ2) is 5.47. The third-order valence-electron chi connectivity index (χ3n) is 3.78. The van der Waals surface area contributed by atoms with E-state index in [-0.39, 0.29) is 5.78 Å². The SMILES string of the molecule is C=CC(=O)CC1CCC(C)(C)CC/C=C\1C. The van der Waals surface area contributed by atoms with E-state index in [0.29, 0.717) is 17.8 Å². The van der Waals surface area contributed by atoms with Gasteiger partial charge in [-0.2, -0.15) is 0 Å². The first-order chi connectivity index (χ1) is 7.44. The van der Waals surface area contributed by atoms with E-state index in [1.165, 1.54) is 24.5 Å². The van der Waals surface area contributed by atoms with E-state index in [1.807, 2.05) is 0 Å². The van der Waals surface area contributed by atoms with Crippen LogP contribution >= 0.6 is 0 Å². The zero-order valence-corrected chi connectivity index (χ0v) is 10.9. The monoisotopic (exact) mass is 220 g/mol. The molecule has 1 rings (SSSR count). The first-order valence-electron chi connectivity index (χ1n) is 6.26. The Kier molecular flexibility index (Phi) is 4.52. The molecule has 0 amide bonds. The van der Waals surface area contributed by atoms with E-state index in [9.17, 15) is 4.79 Å². The number of hydrogen-bond donors (Lipinski definition) is 0. The summed E-state index contributed by atoms with van der Waals surface area (Å²) in [6.45, 7) is 10.4. The lowest BCUT2D eigenvalue weighted by atomic mass is 9.76. The molecule has 0 fully saturated rings. The fraction of sp³-hybridized carbons (Fsp3) is 0.667. The van der Waals surface area contributed by atoms with Crippen molar-refractivity contribution in [3.8, 4) is 0 Å². The topological polar surface area (TPSA) is 17.1 Å². The maximum absolute atomic E-state index is 11.4. The first kappa shape index (κ1) is 13.2. The molecule has 0 N–H and O–H groups in total.